The Morgan fingerprint density at radius 1 is 0.846 bits per heavy atom. The van der Waals surface area contributed by atoms with E-state index in [9.17, 15) is 0 Å². The van der Waals surface area contributed by atoms with E-state index in [0.29, 0.717) is 0 Å². The molecule has 1 nitrogen and oxygen atoms in total. The van der Waals surface area contributed by atoms with Crippen LogP contribution in [0.15, 0.2) is 48.4 Å². The van der Waals surface area contributed by atoms with E-state index in [0.717, 1.165) is 0 Å². The number of nitrogens with one attached hydrogen (secondary N) is 1. The van der Waals surface area contributed by atoms with E-state index in [1.807, 2.05) is 0 Å². The minimum Gasteiger partial charge on any atom is -0.355 e. The summed E-state index contributed by atoms with van der Waals surface area (Å²) in [4.78, 5) is 2.77. The van der Waals surface area contributed by atoms with Crippen LogP contribution in [-0.4, -0.2) is 4.98 Å². The van der Waals surface area contributed by atoms with Crippen LogP contribution < -0.4 is 0 Å². The molecule has 0 aliphatic carbocycles. The van der Waals surface area contributed by atoms with Crippen LogP contribution in [0.2, 0.25) is 0 Å². The van der Waals surface area contributed by atoms with Crippen LogP contribution in [0.4, 0.5) is 0 Å². The molecule has 3 aromatic rings. The van der Waals surface area contributed by atoms with Crippen LogP contribution >= 0.6 is 0 Å². The zero-order valence-electron chi connectivity index (χ0n) is 13.6. The van der Waals surface area contributed by atoms with Crippen molar-refractivity contribution in [3.05, 3.63) is 48.4 Å². The Balaban J connectivity index is 2.71. The fourth-order valence-electron chi connectivity index (χ4n) is 1.36. The van der Waals surface area contributed by atoms with Crippen LogP contribution in [0, 0.1) is 0 Å². The molecule has 0 saturated carbocycles. The standard InChI is InChI=1S/C12H9N/c1-3-7-11-9(5-1)10-6-2-4-8-12(10)13-11/h1-8,13H/i1D,3D,4D,5D,6D,7D,8D. The smallest absolute Gasteiger partial charge is 0.0645 e. The molecule has 0 aliphatic heterocycles. The molecule has 0 fully saturated rings. The minimum absolute atomic E-state index is 0.0303. The molecule has 0 radical (unpaired) electrons. The highest BCUT2D eigenvalue weighted by atomic mass is 14.7. The highest BCUT2D eigenvalue weighted by Gasteiger charge is 2.00. The summed E-state index contributed by atoms with van der Waals surface area (Å²) in [7, 11) is 0. The first kappa shape index (κ1) is 2.88. The Bertz CT molecular complexity index is 881. The molecule has 0 unspecified atom stereocenters. The second-order valence-electron chi connectivity index (χ2n) is 2.68. The van der Waals surface area contributed by atoms with Gasteiger partial charge in [-0.25, -0.2) is 0 Å². The summed E-state index contributed by atoms with van der Waals surface area (Å²) in [5.41, 5.74) is 0.364. The van der Waals surface area contributed by atoms with Gasteiger partial charge in [0.25, 0.3) is 0 Å². The van der Waals surface area contributed by atoms with Gasteiger partial charge in [0, 0.05) is 21.8 Å². The third-order valence-electron chi connectivity index (χ3n) is 1.92. The summed E-state index contributed by atoms with van der Waals surface area (Å²) in [6.07, 6.45) is 0. The van der Waals surface area contributed by atoms with Crippen molar-refractivity contribution in [1.29, 1.82) is 0 Å². The Kier molecular flexibility index (Phi) is 0.523. The van der Waals surface area contributed by atoms with Gasteiger partial charge in [0.1, 0.15) is 0 Å². The second-order valence-corrected chi connectivity index (χ2v) is 2.68. The predicted octanol–water partition coefficient (Wildman–Crippen LogP) is 3.32. The van der Waals surface area contributed by atoms with Gasteiger partial charge in [-0.1, -0.05) is 36.3 Å². The second kappa shape index (κ2) is 2.36. The number of H-pyrrole nitrogens is 1. The molecule has 0 aliphatic rings. The minimum atomic E-state index is -0.371. The molecular weight excluding hydrogens is 158 g/mol. The number of para-hydroxylation sites is 2. The average Bonchev–Trinajstić information content (AvgIpc) is 2.81. The maximum Gasteiger partial charge on any atom is 0.0645 e. The average molecular weight is 174 g/mol. The summed E-state index contributed by atoms with van der Waals surface area (Å²) in [5, 5.41) is 0.456. The number of aromatic amines is 1. The predicted molar refractivity (Wildman–Crippen MR) is 55.8 cm³/mol. The van der Waals surface area contributed by atoms with Crippen molar-refractivity contribution in [2.75, 3.05) is 0 Å². The fraction of sp³-hybridized carbons (Fsp3) is 0. The lowest BCUT2D eigenvalue weighted by Gasteiger charge is -1.87. The van der Waals surface area contributed by atoms with Gasteiger partial charge in [-0.2, -0.15) is 0 Å². The van der Waals surface area contributed by atoms with Crippen LogP contribution in [0.3, 0.4) is 0 Å². The van der Waals surface area contributed by atoms with E-state index >= 15 is 0 Å². The van der Waals surface area contributed by atoms with Crippen molar-refractivity contribution in [3.8, 4) is 0 Å². The van der Waals surface area contributed by atoms with E-state index in [2.05, 4.69) is 4.98 Å². The zero-order chi connectivity index (χ0) is 14.8. The topological polar surface area (TPSA) is 15.8 Å². The van der Waals surface area contributed by atoms with Gasteiger partial charge in [0.2, 0.25) is 0 Å². The lowest BCUT2D eigenvalue weighted by atomic mass is 10.2. The molecule has 2 aromatic carbocycles. The molecule has 0 amide bonds. The molecule has 13 heavy (non-hydrogen) atoms. The number of aromatic nitrogens is 1. The first-order valence-electron chi connectivity index (χ1n) is 7.33. The maximum atomic E-state index is 7.94. The number of fused-ring (bicyclic) bond motifs is 3. The van der Waals surface area contributed by atoms with Crippen LogP contribution in [0.1, 0.15) is 9.60 Å². The van der Waals surface area contributed by atoms with Crippen molar-refractivity contribution in [2.45, 2.75) is 0 Å². The SMILES string of the molecule is [2H]c1cc([2H])c2c([nH]c3c([2H])c([2H])c([2H])c([2H])c32)c1[2H]. The van der Waals surface area contributed by atoms with Gasteiger partial charge >= 0.3 is 0 Å². The number of hydrogen-bond acceptors (Lipinski definition) is 0. The highest BCUT2D eigenvalue weighted by Crippen LogP contribution is 2.24. The van der Waals surface area contributed by atoms with Gasteiger partial charge in [-0.05, 0) is 12.1 Å². The molecule has 0 atom stereocenters. The Morgan fingerprint density at radius 3 is 2.46 bits per heavy atom. The summed E-state index contributed by atoms with van der Waals surface area (Å²) < 4.78 is 54.5. The summed E-state index contributed by atoms with van der Waals surface area (Å²) in [6, 6.07) is -0.271. The van der Waals surface area contributed by atoms with E-state index in [4.69, 9.17) is 9.60 Å². The third kappa shape index (κ3) is 0.872. The number of benzene rings is 2. The first-order chi connectivity index (χ1) is 9.34. The largest absolute Gasteiger partial charge is 0.355 e. The molecule has 62 valence electrons. The Morgan fingerprint density at radius 2 is 1.54 bits per heavy atom. The van der Waals surface area contributed by atoms with Gasteiger partial charge in [-0.3, -0.25) is 0 Å². The molecule has 1 N–H and O–H groups in total. The van der Waals surface area contributed by atoms with Crippen LogP contribution in [0.25, 0.3) is 21.8 Å². The lowest BCUT2D eigenvalue weighted by molar-refractivity contribution is 1.55. The molecule has 0 spiro atoms. The van der Waals surface area contributed by atoms with Crippen LogP contribution in [-0.2, 0) is 0 Å². The normalized spacial score (nSPS) is 18.6. The molecule has 0 saturated heterocycles. The maximum absolute atomic E-state index is 7.94. The molecule has 0 bridgehead atoms. The monoisotopic (exact) mass is 174 g/mol. The molecule has 1 heterocycles. The Labute approximate surface area is 85.8 Å². The summed E-state index contributed by atoms with van der Waals surface area (Å²) in [5.74, 6) is 0. The quantitative estimate of drug-likeness (QED) is 0.538. The van der Waals surface area contributed by atoms with Crippen molar-refractivity contribution >= 4 is 21.8 Å². The van der Waals surface area contributed by atoms with Gasteiger partial charge in [-0.15, -0.1) is 0 Å². The van der Waals surface area contributed by atoms with E-state index < -0.39 is 0 Å². The zero-order valence-corrected chi connectivity index (χ0v) is 6.58. The molecule has 1 heteroatoms. The fourth-order valence-corrected chi connectivity index (χ4v) is 1.36. The van der Waals surface area contributed by atoms with Crippen molar-refractivity contribution in [2.24, 2.45) is 0 Å². The van der Waals surface area contributed by atoms with Crippen molar-refractivity contribution < 1.29 is 9.60 Å². The Hall–Kier alpha value is -1.76. The van der Waals surface area contributed by atoms with Gasteiger partial charge < -0.3 is 4.98 Å². The highest BCUT2D eigenvalue weighted by molar-refractivity contribution is 6.06. The molecular formula is C12H9N. The van der Waals surface area contributed by atoms with Gasteiger partial charge in [0.05, 0.1) is 9.60 Å². The molecule has 3 rings (SSSR count). The van der Waals surface area contributed by atoms with Gasteiger partial charge in [0.15, 0.2) is 0 Å². The van der Waals surface area contributed by atoms with Crippen molar-refractivity contribution in [3.63, 3.8) is 0 Å². The van der Waals surface area contributed by atoms with Crippen molar-refractivity contribution in [1.82, 2.24) is 4.98 Å². The third-order valence-corrected chi connectivity index (χ3v) is 1.92. The van der Waals surface area contributed by atoms with E-state index in [1.165, 1.54) is 6.07 Å². The number of hydrogen-bond donors (Lipinski definition) is 1. The molecule has 1 aromatic heterocycles. The summed E-state index contributed by atoms with van der Waals surface area (Å²) in [6.45, 7) is 0. The first-order valence-corrected chi connectivity index (χ1v) is 3.83. The van der Waals surface area contributed by atoms with Crippen LogP contribution in [0.5, 0.6) is 0 Å². The van der Waals surface area contributed by atoms with E-state index in [-0.39, 0.29) is 64.1 Å². The number of rotatable bonds is 0. The lowest BCUT2D eigenvalue weighted by Crippen LogP contribution is -1.62. The summed E-state index contributed by atoms with van der Waals surface area (Å²) >= 11 is 0. The van der Waals surface area contributed by atoms with E-state index in [1.54, 1.807) is 0 Å².